The predicted octanol–water partition coefficient (Wildman–Crippen LogP) is -0.690. The first-order chi connectivity index (χ1) is 8.17. The second-order valence-corrected chi connectivity index (χ2v) is 6.39. The molecule has 8 heteroatoms. The third kappa shape index (κ3) is 2.40. The maximum Gasteiger partial charge on any atom is 0.283 e. The number of nitrogens with one attached hydrogen (secondary N) is 1. The van der Waals surface area contributed by atoms with Crippen molar-refractivity contribution >= 4 is 22.0 Å². The number of carbonyl (C=O) groups excluding carboxylic acids is 2. The van der Waals surface area contributed by atoms with Crippen LogP contribution in [0, 0.1) is 0 Å². The van der Waals surface area contributed by atoms with Gasteiger partial charge >= 0.3 is 0 Å². The Bertz CT molecular complexity index is 454. The summed E-state index contributed by atoms with van der Waals surface area (Å²) in [6.07, 6.45) is 0. The van der Waals surface area contributed by atoms with Crippen molar-refractivity contribution in [1.29, 1.82) is 0 Å². The summed E-state index contributed by atoms with van der Waals surface area (Å²) < 4.78 is 26.9. The smallest absolute Gasteiger partial charge is 0.283 e. The summed E-state index contributed by atoms with van der Waals surface area (Å²) in [6.45, 7) is 6.63. The molecule has 1 N–H and O–H groups in total. The molecule has 0 radical (unpaired) electrons. The van der Waals surface area contributed by atoms with Crippen LogP contribution in [0.5, 0.6) is 0 Å². The Balaban J connectivity index is 3.20. The van der Waals surface area contributed by atoms with E-state index in [1.165, 1.54) is 18.2 Å². The van der Waals surface area contributed by atoms with Crippen LogP contribution in [-0.4, -0.2) is 54.0 Å². The van der Waals surface area contributed by atoms with Crippen molar-refractivity contribution in [2.75, 3.05) is 19.6 Å². The molecule has 0 aromatic rings. The minimum atomic E-state index is -3.81. The van der Waals surface area contributed by atoms with E-state index in [0.29, 0.717) is 13.1 Å². The van der Waals surface area contributed by atoms with E-state index in [1.54, 1.807) is 13.8 Å². The Morgan fingerprint density at radius 3 is 2.22 bits per heavy atom. The van der Waals surface area contributed by atoms with Crippen LogP contribution in [-0.2, 0) is 19.8 Å². The lowest BCUT2D eigenvalue weighted by molar-refractivity contribution is -0.141. The van der Waals surface area contributed by atoms with Crippen molar-refractivity contribution in [1.82, 2.24) is 13.9 Å². The summed E-state index contributed by atoms with van der Waals surface area (Å²) in [5.74, 6) is -1.20. The molecule has 0 aromatic carbocycles. The van der Waals surface area contributed by atoms with Crippen molar-refractivity contribution in [2.45, 2.75) is 33.2 Å². The number of hydrogen-bond donors (Lipinski definition) is 1. The molecule has 1 aliphatic heterocycles. The summed E-state index contributed by atoms with van der Waals surface area (Å²) in [5, 5.41) is 2.14. The van der Waals surface area contributed by atoms with E-state index in [9.17, 15) is 18.0 Å². The lowest BCUT2D eigenvalue weighted by Crippen LogP contribution is -2.67. The van der Waals surface area contributed by atoms with Crippen LogP contribution in [0.1, 0.15) is 27.7 Å². The second kappa shape index (κ2) is 4.94. The minimum Gasteiger partial charge on any atom is -0.294 e. The van der Waals surface area contributed by atoms with Gasteiger partial charge in [0.1, 0.15) is 5.54 Å². The van der Waals surface area contributed by atoms with Gasteiger partial charge in [0.2, 0.25) is 11.8 Å². The highest BCUT2D eigenvalue weighted by Crippen LogP contribution is 2.24. The number of piperazine rings is 1. The molecule has 0 bridgehead atoms. The fourth-order valence-electron chi connectivity index (χ4n) is 1.82. The third-order valence-corrected chi connectivity index (χ3v) is 5.34. The van der Waals surface area contributed by atoms with Crippen molar-refractivity contribution in [3.05, 3.63) is 0 Å². The van der Waals surface area contributed by atoms with Gasteiger partial charge in [0.15, 0.2) is 0 Å². The van der Waals surface area contributed by atoms with Crippen LogP contribution in [0.2, 0.25) is 0 Å². The van der Waals surface area contributed by atoms with Crippen LogP contribution in [0.4, 0.5) is 0 Å². The highest BCUT2D eigenvalue weighted by atomic mass is 32.2. The largest absolute Gasteiger partial charge is 0.294 e. The highest BCUT2D eigenvalue weighted by molar-refractivity contribution is 7.86. The van der Waals surface area contributed by atoms with Crippen LogP contribution in [0.15, 0.2) is 0 Å². The molecular weight excluding hydrogens is 258 g/mol. The molecule has 0 unspecified atom stereocenters. The molecule has 1 rings (SSSR count). The van der Waals surface area contributed by atoms with E-state index in [4.69, 9.17) is 0 Å². The first kappa shape index (κ1) is 15.1. The van der Waals surface area contributed by atoms with Crippen LogP contribution < -0.4 is 5.32 Å². The molecule has 2 amide bonds. The number of carbonyl (C=O) groups is 2. The quantitative estimate of drug-likeness (QED) is 0.689. The zero-order chi connectivity index (χ0) is 14.1. The van der Waals surface area contributed by atoms with Crippen molar-refractivity contribution in [3.63, 3.8) is 0 Å². The lowest BCUT2D eigenvalue weighted by atomic mass is 10.0. The molecule has 18 heavy (non-hydrogen) atoms. The maximum atomic E-state index is 12.4. The average molecular weight is 277 g/mol. The Morgan fingerprint density at radius 1 is 1.28 bits per heavy atom. The van der Waals surface area contributed by atoms with E-state index in [1.807, 2.05) is 0 Å². The molecule has 0 aromatic heterocycles. The molecule has 1 aliphatic rings. The predicted molar refractivity (Wildman–Crippen MR) is 65.8 cm³/mol. The fourth-order valence-corrected chi connectivity index (χ4v) is 3.69. The number of imide groups is 1. The fraction of sp³-hybridized carbons (Fsp3) is 0.800. The minimum absolute atomic E-state index is 0.293. The van der Waals surface area contributed by atoms with Crippen LogP contribution >= 0.6 is 0 Å². The van der Waals surface area contributed by atoms with E-state index >= 15 is 0 Å². The maximum absolute atomic E-state index is 12.4. The zero-order valence-electron chi connectivity index (χ0n) is 11.1. The number of amides is 2. The van der Waals surface area contributed by atoms with Gasteiger partial charge in [-0.15, -0.1) is 0 Å². The number of nitrogens with zero attached hydrogens (tertiary/aromatic N) is 2. The van der Waals surface area contributed by atoms with Gasteiger partial charge in [0.05, 0.1) is 6.54 Å². The average Bonchev–Trinajstić information content (AvgIpc) is 2.25. The van der Waals surface area contributed by atoms with Crippen LogP contribution in [0.3, 0.4) is 0 Å². The SMILES string of the molecule is CCN(CC)S(=O)(=O)N1CC(=O)NC(=O)C1(C)C. The summed E-state index contributed by atoms with van der Waals surface area (Å²) in [4.78, 5) is 23.1. The molecular formula is C10H19N3O4S. The molecule has 1 saturated heterocycles. The Morgan fingerprint density at radius 2 is 1.78 bits per heavy atom. The molecule has 0 spiro atoms. The third-order valence-electron chi connectivity index (χ3n) is 3.03. The number of hydrogen-bond acceptors (Lipinski definition) is 4. The van der Waals surface area contributed by atoms with E-state index in [-0.39, 0.29) is 6.54 Å². The van der Waals surface area contributed by atoms with Crippen LogP contribution in [0.25, 0.3) is 0 Å². The van der Waals surface area contributed by atoms with E-state index in [0.717, 1.165) is 4.31 Å². The van der Waals surface area contributed by atoms with Gasteiger partial charge < -0.3 is 0 Å². The van der Waals surface area contributed by atoms with Gasteiger partial charge in [-0.2, -0.15) is 17.0 Å². The topological polar surface area (TPSA) is 86.8 Å². The molecule has 0 saturated carbocycles. The first-order valence-corrected chi connectivity index (χ1v) is 7.19. The first-order valence-electron chi connectivity index (χ1n) is 5.80. The lowest BCUT2D eigenvalue weighted by Gasteiger charge is -2.40. The molecule has 0 atom stereocenters. The second-order valence-electron chi connectivity index (χ2n) is 4.54. The summed E-state index contributed by atoms with van der Waals surface area (Å²) in [5.41, 5.74) is -1.27. The summed E-state index contributed by atoms with van der Waals surface area (Å²) in [7, 11) is -3.81. The molecule has 1 heterocycles. The molecule has 1 fully saturated rings. The van der Waals surface area contributed by atoms with E-state index in [2.05, 4.69) is 5.32 Å². The van der Waals surface area contributed by atoms with Gasteiger partial charge in [-0.3, -0.25) is 14.9 Å². The zero-order valence-corrected chi connectivity index (χ0v) is 11.9. The Hall–Kier alpha value is -0.990. The number of rotatable bonds is 4. The monoisotopic (exact) mass is 277 g/mol. The van der Waals surface area contributed by atoms with Gasteiger partial charge in [-0.25, -0.2) is 0 Å². The highest BCUT2D eigenvalue weighted by Gasteiger charge is 2.48. The Labute approximate surface area is 107 Å². The summed E-state index contributed by atoms with van der Waals surface area (Å²) >= 11 is 0. The molecule has 104 valence electrons. The van der Waals surface area contributed by atoms with E-state index < -0.39 is 27.6 Å². The van der Waals surface area contributed by atoms with Gasteiger partial charge in [-0.1, -0.05) is 13.8 Å². The normalized spacial score (nSPS) is 21.2. The van der Waals surface area contributed by atoms with Gasteiger partial charge in [0, 0.05) is 13.1 Å². The van der Waals surface area contributed by atoms with Crippen molar-refractivity contribution in [2.24, 2.45) is 0 Å². The molecule has 7 nitrogen and oxygen atoms in total. The standard InChI is InChI=1S/C10H19N3O4S/c1-5-12(6-2)18(16,17)13-7-8(14)11-9(15)10(13,3)4/h5-7H2,1-4H3,(H,11,14,15). The van der Waals surface area contributed by atoms with Crippen molar-refractivity contribution in [3.8, 4) is 0 Å². The van der Waals surface area contributed by atoms with Crippen molar-refractivity contribution < 1.29 is 18.0 Å². The van der Waals surface area contributed by atoms with Gasteiger partial charge in [0.25, 0.3) is 10.2 Å². The Kier molecular flexibility index (Phi) is 4.14. The van der Waals surface area contributed by atoms with Gasteiger partial charge in [-0.05, 0) is 13.8 Å². The summed E-state index contributed by atoms with van der Waals surface area (Å²) in [6, 6.07) is 0. The molecule has 0 aliphatic carbocycles.